The summed E-state index contributed by atoms with van der Waals surface area (Å²) in [5.41, 5.74) is 3.89. The van der Waals surface area contributed by atoms with Crippen molar-refractivity contribution in [3.8, 4) is 0 Å². The Morgan fingerprint density at radius 3 is 2.52 bits per heavy atom. The Morgan fingerprint density at radius 1 is 0.848 bits per heavy atom. The van der Waals surface area contributed by atoms with Crippen LogP contribution in [0.3, 0.4) is 0 Å². The van der Waals surface area contributed by atoms with Crippen LogP contribution in [0.25, 0.3) is 10.8 Å². The molecule has 3 atom stereocenters. The minimum absolute atomic E-state index is 0.194. The molecule has 164 valence electrons. The molecule has 2 aliphatic rings. The Hall–Kier alpha value is -3.57. The van der Waals surface area contributed by atoms with Crippen LogP contribution >= 0.6 is 0 Å². The summed E-state index contributed by atoms with van der Waals surface area (Å²) in [5.74, 6) is 0.558. The molecule has 1 heterocycles. The second kappa shape index (κ2) is 7.78. The predicted molar refractivity (Wildman–Crippen MR) is 134 cm³/mol. The topological polar surface area (TPSA) is 58.2 Å². The molecule has 1 aliphatic carbocycles. The summed E-state index contributed by atoms with van der Waals surface area (Å²) in [5, 5.41) is 5.56. The minimum atomic E-state index is -3.73. The van der Waals surface area contributed by atoms with Crippen molar-refractivity contribution in [2.45, 2.75) is 23.3 Å². The van der Waals surface area contributed by atoms with Crippen molar-refractivity contribution in [3.63, 3.8) is 0 Å². The van der Waals surface area contributed by atoms with Gasteiger partial charge >= 0.3 is 0 Å². The molecule has 0 bridgehead atoms. The number of allylic oxidation sites excluding steroid dienone is 2. The van der Waals surface area contributed by atoms with Gasteiger partial charge < -0.3 is 5.32 Å². The van der Waals surface area contributed by atoms with Gasteiger partial charge in [-0.25, -0.2) is 8.42 Å². The van der Waals surface area contributed by atoms with E-state index in [-0.39, 0.29) is 16.9 Å². The molecule has 0 fully saturated rings. The summed E-state index contributed by atoms with van der Waals surface area (Å²) in [6, 6.07) is 29.6. The molecule has 0 amide bonds. The molecule has 4 nitrogen and oxygen atoms in total. The first-order chi connectivity index (χ1) is 16.1. The Labute approximate surface area is 194 Å². The van der Waals surface area contributed by atoms with E-state index in [1.807, 2.05) is 54.6 Å². The first-order valence-corrected chi connectivity index (χ1v) is 12.7. The van der Waals surface area contributed by atoms with Crippen molar-refractivity contribution >= 4 is 32.2 Å². The van der Waals surface area contributed by atoms with Gasteiger partial charge in [0.2, 0.25) is 0 Å². The molecule has 1 aliphatic heterocycles. The fourth-order valence-electron chi connectivity index (χ4n) is 5.25. The van der Waals surface area contributed by atoms with Crippen molar-refractivity contribution < 1.29 is 8.42 Å². The van der Waals surface area contributed by atoms with E-state index in [0.717, 1.165) is 28.4 Å². The molecule has 4 aromatic carbocycles. The van der Waals surface area contributed by atoms with Crippen LogP contribution in [0.5, 0.6) is 0 Å². The smallest absolute Gasteiger partial charge is 0.261 e. The molecule has 4 aromatic rings. The summed E-state index contributed by atoms with van der Waals surface area (Å²) < 4.78 is 29.5. The van der Waals surface area contributed by atoms with Crippen LogP contribution in [-0.2, 0) is 10.0 Å². The second-order valence-corrected chi connectivity index (χ2v) is 10.4. The fraction of sp³-hybridized carbons (Fsp3) is 0.143. The molecule has 5 heteroatoms. The van der Waals surface area contributed by atoms with E-state index in [1.54, 1.807) is 12.1 Å². The SMILES string of the molecule is O=S(=O)(Nc1cccc2ccccc12)c1ccc2c(c1)[C@H]1C=CC[C@H]1[C@H](c1ccccc1)N2. The van der Waals surface area contributed by atoms with Gasteiger partial charge in [0.05, 0.1) is 16.6 Å². The summed E-state index contributed by atoms with van der Waals surface area (Å²) in [7, 11) is -3.73. The Bertz CT molecular complexity index is 1470. The molecule has 2 N–H and O–H groups in total. The lowest BCUT2D eigenvalue weighted by Crippen LogP contribution is -2.29. The third-order valence-electron chi connectivity index (χ3n) is 6.84. The second-order valence-electron chi connectivity index (χ2n) is 8.77. The van der Waals surface area contributed by atoms with Crippen LogP contribution in [0.2, 0.25) is 0 Å². The maximum Gasteiger partial charge on any atom is 0.261 e. The highest BCUT2D eigenvalue weighted by Gasteiger charge is 2.38. The molecule has 33 heavy (non-hydrogen) atoms. The molecule has 0 saturated carbocycles. The lowest BCUT2D eigenvalue weighted by molar-refractivity contribution is 0.425. The number of nitrogens with one attached hydrogen (secondary N) is 2. The van der Waals surface area contributed by atoms with Crippen LogP contribution in [-0.4, -0.2) is 8.42 Å². The van der Waals surface area contributed by atoms with Crippen molar-refractivity contribution in [3.05, 3.63) is 114 Å². The number of fused-ring (bicyclic) bond motifs is 4. The molecule has 0 aromatic heterocycles. The molecular formula is C28H24N2O2S. The maximum absolute atomic E-state index is 13.4. The Balaban J connectivity index is 1.37. The van der Waals surface area contributed by atoms with Crippen LogP contribution in [0.15, 0.2) is 108 Å². The van der Waals surface area contributed by atoms with Crippen molar-refractivity contribution in [2.75, 3.05) is 10.0 Å². The van der Waals surface area contributed by atoms with Gasteiger partial charge in [-0.15, -0.1) is 0 Å². The lowest BCUT2D eigenvalue weighted by Gasteiger charge is -2.37. The van der Waals surface area contributed by atoms with Gasteiger partial charge in [0.25, 0.3) is 10.0 Å². The largest absolute Gasteiger partial charge is 0.378 e. The first-order valence-electron chi connectivity index (χ1n) is 11.2. The fourth-order valence-corrected chi connectivity index (χ4v) is 6.36. The van der Waals surface area contributed by atoms with Crippen molar-refractivity contribution in [1.82, 2.24) is 0 Å². The average molecular weight is 453 g/mol. The lowest BCUT2D eigenvalue weighted by atomic mass is 9.77. The van der Waals surface area contributed by atoms with Gasteiger partial charge in [-0.05, 0) is 53.1 Å². The minimum Gasteiger partial charge on any atom is -0.378 e. The summed E-state index contributed by atoms with van der Waals surface area (Å²) in [6.07, 6.45) is 5.42. The normalized spacial score (nSPS) is 21.3. The summed E-state index contributed by atoms with van der Waals surface area (Å²) in [6.45, 7) is 0. The Morgan fingerprint density at radius 2 is 1.64 bits per heavy atom. The van der Waals surface area contributed by atoms with E-state index in [0.29, 0.717) is 11.6 Å². The van der Waals surface area contributed by atoms with Crippen molar-refractivity contribution in [2.24, 2.45) is 5.92 Å². The first kappa shape index (κ1) is 20.1. The standard InChI is InChI=1S/C28H24N2O2S/c31-33(32,30-27-15-6-11-19-8-4-5-12-22(19)27)21-16-17-26-25(18-21)23-13-7-14-24(23)28(29-26)20-9-2-1-3-10-20/h1-13,15-18,23-24,28-30H,14H2/t23-,24+,28-/m0/s1. The van der Waals surface area contributed by atoms with E-state index >= 15 is 0 Å². The van der Waals surface area contributed by atoms with E-state index < -0.39 is 10.0 Å². The Kier molecular flexibility index (Phi) is 4.73. The van der Waals surface area contributed by atoms with Crippen molar-refractivity contribution in [1.29, 1.82) is 0 Å². The monoisotopic (exact) mass is 452 g/mol. The predicted octanol–water partition coefficient (Wildman–Crippen LogP) is 6.47. The third-order valence-corrected chi connectivity index (χ3v) is 8.20. The summed E-state index contributed by atoms with van der Waals surface area (Å²) >= 11 is 0. The van der Waals surface area contributed by atoms with Crippen LogP contribution in [0.1, 0.15) is 29.5 Å². The molecular weight excluding hydrogens is 428 g/mol. The zero-order chi connectivity index (χ0) is 22.4. The van der Waals surface area contributed by atoms with E-state index in [2.05, 4.69) is 46.5 Å². The van der Waals surface area contributed by atoms with Gasteiger partial charge in [0.15, 0.2) is 0 Å². The van der Waals surface area contributed by atoms with Crippen LogP contribution < -0.4 is 10.0 Å². The highest BCUT2D eigenvalue weighted by Crippen LogP contribution is 2.50. The molecule has 6 rings (SSSR count). The molecule has 0 radical (unpaired) electrons. The number of hydrogen-bond acceptors (Lipinski definition) is 3. The number of anilines is 2. The van der Waals surface area contributed by atoms with Crippen LogP contribution in [0, 0.1) is 5.92 Å². The zero-order valence-corrected chi connectivity index (χ0v) is 18.8. The van der Waals surface area contributed by atoms with E-state index in [9.17, 15) is 8.42 Å². The van der Waals surface area contributed by atoms with Gasteiger partial charge in [0.1, 0.15) is 0 Å². The molecule has 0 saturated heterocycles. The average Bonchev–Trinajstić information content (AvgIpc) is 3.34. The van der Waals surface area contributed by atoms with Gasteiger partial charge in [-0.3, -0.25) is 4.72 Å². The zero-order valence-electron chi connectivity index (χ0n) is 18.0. The quantitative estimate of drug-likeness (QED) is 0.349. The van der Waals surface area contributed by atoms with Gasteiger partial charge in [0, 0.05) is 17.0 Å². The molecule has 0 spiro atoms. The third kappa shape index (κ3) is 3.49. The number of hydrogen-bond donors (Lipinski definition) is 2. The maximum atomic E-state index is 13.4. The highest BCUT2D eigenvalue weighted by molar-refractivity contribution is 7.92. The number of sulfonamides is 1. The van der Waals surface area contributed by atoms with Crippen LogP contribution in [0.4, 0.5) is 11.4 Å². The van der Waals surface area contributed by atoms with Gasteiger partial charge in [-0.1, -0.05) is 78.9 Å². The number of benzene rings is 4. The number of rotatable bonds is 4. The summed E-state index contributed by atoms with van der Waals surface area (Å²) in [4.78, 5) is 0.285. The van der Waals surface area contributed by atoms with E-state index in [4.69, 9.17) is 0 Å². The van der Waals surface area contributed by atoms with E-state index in [1.165, 1.54) is 5.56 Å². The highest BCUT2D eigenvalue weighted by atomic mass is 32.2. The van der Waals surface area contributed by atoms with Gasteiger partial charge in [-0.2, -0.15) is 0 Å². The molecule has 0 unspecified atom stereocenters.